The molecule has 9 nitrogen and oxygen atoms in total. The van der Waals surface area contributed by atoms with Crippen LogP contribution in [-0.2, 0) is 19.1 Å². The number of benzene rings is 2. The molecular formula is C20H19NO8. The zero-order valence-electron chi connectivity index (χ0n) is 15.9. The van der Waals surface area contributed by atoms with Crippen molar-refractivity contribution in [2.75, 3.05) is 26.6 Å². The normalized spacial score (nSPS) is 10.7. The third-order valence-corrected chi connectivity index (χ3v) is 3.66. The molecule has 0 bridgehead atoms. The molecule has 0 aromatic heterocycles. The number of hydrogen-bond donors (Lipinski definition) is 2. The molecule has 2 aromatic rings. The van der Waals surface area contributed by atoms with Crippen LogP contribution >= 0.6 is 0 Å². The van der Waals surface area contributed by atoms with Gasteiger partial charge < -0.3 is 29.4 Å². The topological polar surface area (TPSA) is 120 Å². The third kappa shape index (κ3) is 5.48. The van der Waals surface area contributed by atoms with E-state index in [1.54, 1.807) is 24.3 Å². The Labute approximate surface area is 166 Å². The van der Waals surface area contributed by atoms with Gasteiger partial charge in [-0.1, -0.05) is 12.1 Å². The van der Waals surface area contributed by atoms with E-state index in [1.807, 2.05) is 0 Å². The summed E-state index contributed by atoms with van der Waals surface area (Å²) in [5.74, 6) is -1.87. The van der Waals surface area contributed by atoms with Crippen LogP contribution in [0.15, 0.2) is 54.2 Å². The van der Waals surface area contributed by atoms with Gasteiger partial charge in [0.15, 0.2) is 11.5 Å². The minimum Gasteiger partial charge on any atom is -0.493 e. The summed E-state index contributed by atoms with van der Waals surface area (Å²) >= 11 is 0. The highest BCUT2D eigenvalue weighted by Crippen LogP contribution is 2.33. The molecular weight excluding hydrogens is 382 g/mol. The van der Waals surface area contributed by atoms with Gasteiger partial charge in [-0.25, -0.2) is 14.4 Å². The molecule has 0 amide bonds. The first-order valence-corrected chi connectivity index (χ1v) is 8.22. The van der Waals surface area contributed by atoms with E-state index < -0.39 is 17.9 Å². The Morgan fingerprint density at radius 2 is 1.66 bits per heavy atom. The summed E-state index contributed by atoms with van der Waals surface area (Å²) < 4.78 is 20.0. The number of anilines is 1. The summed E-state index contributed by atoms with van der Waals surface area (Å²) in [6.07, 6.45) is 0.858. The van der Waals surface area contributed by atoms with Gasteiger partial charge in [0, 0.05) is 0 Å². The second kappa shape index (κ2) is 9.79. The minimum absolute atomic E-state index is 0.0467. The maximum absolute atomic E-state index is 11.9. The molecule has 0 unspecified atom stereocenters. The molecule has 152 valence electrons. The fourth-order valence-corrected chi connectivity index (χ4v) is 2.28. The SMILES string of the molecule is COC(=O)/C=C(/Nc1ccc(Oc2ccccc2OC)cc1C(=O)O)C(=O)OC. The monoisotopic (exact) mass is 401 g/mol. The van der Waals surface area contributed by atoms with Gasteiger partial charge in [0.1, 0.15) is 11.4 Å². The van der Waals surface area contributed by atoms with Gasteiger partial charge in [-0.3, -0.25) is 0 Å². The van der Waals surface area contributed by atoms with Gasteiger partial charge in [0.25, 0.3) is 0 Å². The van der Waals surface area contributed by atoms with Crippen LogP contribution in [0.3, 0.4) is 0 Å². The number of hydrogen-bond acceptors (Lipinski definition) is 8. The molecule has 0 spiro atoms. The van der Waals surface area contributed by atoms with E-state index in [4.69, 9.17) is 9.47 Å². The average Bonchev–Trinajstić information content (AvgIpc) is 2.73. The van der Waals surface area contributed by atoms with E-state index in [-0.39, 0.29) is 22.7 Å². The van der Waals surface area contributed by atoms with Crippen LogP contribution in [0, 0.1) is 0 Å². The highest BCUT2D eigenvalue weighted by molar-refractivity contribution is 6.01. The molecule has 2 rings (SSSR count). The quantitative estimate of drug-likeness (QED) is 0.508. The van der Waals surface area contributed by atoms with Crippen LogP contribution < -0.4 is 14.8 Å². The van der Waals surface area contributed by atoms with Crippen molar-refractivity contribution in [3.8, 4) is 17.2 Å². The maximum Gasteiger partial charge on any atom is 0.354 e. The van der Waals surface area contributed by atoms with E-state index in [0.717, 1.165) is 20.3 Å². The van der Waals surface area contributed by atoms with Crippen molar-refractivity contribution in [2.45, 2.75) is 0 Å². The summed E-state index contributed by atoms with van der Waals surface area (Å²) in [5, 5.41) is 12.1. The summed E-state index contributed by atoms with van der Waals surface area (Å²) in [7, 11) is 3.75. The molecule has 0 radical (unpaired) electrons. The standard InChI is InChI=1S/C20H19NO8/c1-26-16-6-4-5-7-17(16)29-12-8-9-14(13(10-12)19(23)24)21-15(20(25)28-3)11-18(22)27-2/h4-11,21H,1-3H3,(H,23,24)/b15-11+. The molecule has 0 saturated carbocycles. The molecule has 0 aliphatic rings. The molecule has 9 heteroatoms. The number of para-hydroxylation sites is 2. The molecule has 0 aliphatic heterocycles. The first kappa shape index (κ1) is 21.3. The number of nitrogens with one attached hydrogen (secondary N) is 1. The molecule has 2 aromatic carbocycles. The van der Waals surface area contributed by atoms with Crippen LogP contribution in [0.4, 0.5) is 5.69 Å². The molecule has 29 heavy (non-hydrogen) atoms. The van der Waals surface area contributed by atoms with Gasteiger partial charge in [-0.05, 0) is 30.3 Å². The number of ether oxygens (including phenoxy) is 4. The van der Waals surface area contributed by atoms with E-state index in [1.165, 1.54) is 25.3 Å². The van der Waals surface area contributed by atoms with Crippen molar-refractivity contribution in [3.05, 3.63) is 59.8 Å². The number of rotatable bonds is 8. The van der Waals surface area contributed by atoms with Crippen molar-refractivity contribution in [3.63, 3.8) is 0 Å². The van der Waals surface area contributed by atoms with Crippen molar-refractivity contribution >= 4 is 23.6 Å². The van der Waals surface area contributed by atoms with E-state index in [2.05, 4.69) is 14.8 Å². The number of carbonyl (C=O) groups is 3. The lowest BCUT2D eigenvalue weighted by Gasteiger charge is -2.14. The van der Waals surface area contributed by atoms with Crippen LogP contribution in [0.5, 0.6) is 17.2 Å². The predicted molar refractivity (Wildman–Crippen MR) is 102 cm³/mol. The minimum atomic E-state index is -1.28. The number of methoxy groups -OCH3 is 3. The Morgan fingerprint density at radius 3 is 2.24 bits per heavy atom. The Morgan fingerprint density at radius 1 is 0.966 bits per heavy atom. The fraction of sp³-hybridized carbons (Fsp3) is 0.150. The molecule has 0 heterocycles. The predicted octanol–water partition coefficient (Wildman–Crippen LogP) is 2.83. The highest BCUT2D eigenvalue weighted by atomic mass is 16.5. The van der Waals surface area contributed by atoms with E-state index >= 15 is 0 Å². The first-order valence-electron chi connectivity index (χ1n) is 8.22. The first-order chi connectivity index (χ1) is 13.9. The van der Waals surface area contributed by atoms with Crippen molar-refractivity contribution in [2.24, 2.45) is 0 Å². The zero-order chi connectivity index (χ0) is 21.4. The number of esters is 2. The highest BCUT2D eigenvalue weighted by Gasteiger charge is 2.18. The molecule has 0 fully saturated rings. The second-order valence-electron chi connectivity index (χ2n) is 5.46. The lowest BCUT2D eigenvalue weighted by atomic mass is 10.1. The van der Waals surface area contributed by atoms with E-state index in [9.17, 15) is 19.5 Å². The maximum atomic E-state index is 11.9. The van der Waals surface area contributed by atoms with Crippen LogP contribution in [0.25, 0.3) is 0 Å². The molecule has 0 atom stereocenters. The van der Waals surface area contributed by atoms with Crippen LogP contribution in [0.1, 0.15) is 10.4 Å². The Hall–Kier alpha value is -4.01. The van der Waals surface area contributed by atoms with Gasteiger partial charge in [0.05, 0.1) is 38.7 Å². The van der Waals surface area contributed by atoms with Gasteiger partial charge >= 0.3 is 17.9 Å². The van der Waals surface area contributed by atoms with Crippen LogP contribution in [0.2, 0.25) is 0 Å². The summed E-state index contributed by atoms with van der Waals surface area (Å²) in [6.45, 7) is 0. The van der Waals surface area contributed by atoms with Crippen molar-refractivity contribution in [1.82, 2.24) is 0 Å². The van der Waals surface area contributed by atoms with Crippen LogP contribution in [-0.4, -0.2) is 44.3 Å². The smallest absolute Gasteiger partial charge is 0.354 e. The Balaban J connectivity index is 2.38. The number of aromatic carboxylic acids is 1. The van der Waals surface area contributed by atoms with Gasteiger partial charge in [-0.2, -0.15) is 0 Å². The molecule has 0 saturated heterocycles. The molecule has 2 N–H and O–H groups in total. The summed E-state index contributed by atoms with van der Waals surface area (Å²) in [5.41, 5.74) is -0.442. The van der Waals surface area contributed by atoms with E-state index in [0.29, 0.717) is 11.5 Å². The van der Waals surface area contributed by atoms with Crippen molar-refractivity contribution in [1.29, 1.82) is 0 Å². The Kier molecular flexibility index (Phi) is 7.19. The number of carboxylic acids is 1. The van der Waals surface area contributed by atoms with Gasteiger partial charge in [-0.15, -0.1) is 0 Å². The molecule has 0 aliphatic carbocycles. The van der Waals surface area contributed by atoms with Crippen molar-refractivity contribution < 1.29 is 38.4 Å². The summed E-state index contributed by atoms with van der Waals surface area (Å²) in [6, 6.07) is 11.0. The third-order valence-electron chi connectivity index (χ3n) is 3.66. The fourth-order valence-electron chi connectivity index (χ4n) is 2.28. The Bertz CT molecular complexity index is 951. The number of carbonyl (C=O) groups excluding carboxylic acids is 2. The average molecular weight is 401 g/mol. The second-order valence-corrected chi connectivity index (χ2v) is 5.46. The summed E-state index contributed by atoms with van der Waals surface area (Å²) in [4.78, 5) is 35.1. The van der Waals surface area contributed by atoms with Gasteiger partial charge in [0.2, 0.25) is 0 Å². The lowest BCUT2D eigenvalue weighted by Crippen LogP contribution is -2.17. The largest absolute Gasteiger partial charge is 0.493 e. The number of carboxylic acid groups (broad SMARTS) is 1. The lowest BCUT2D eigenvalue weighted by molar-refractivity contribution is -0.138. The zero-order valence-corrected chi connectivity index (χ0v) is 15.9.